The SMILES string of the molecule is Cc1ccc(-c2[nH]ncc2CN2CCc3nc(-c4ccco4)[nH]c(=O)c3C2)cc1. The molecule has 7 nitrogen and oxygen atoms in total. The Bertz CT molecular complexity index is 1190. The maximum absolute atomic E-state index is 12.7. The van der Waals surface area contributed by atoms with E-state index < -0.39 is 0 Å². The predicted octanol–water partition coefficient (Wildman–Crippen LogP) is 3.29. The Morgan fingerprint density at radius 2 is 2.07 bits per heavy atom. The summed E-state index contributed by atoms with van der Waals surface area (Å²) in [5.41, 5.74) is 5.96. The number of furan rings is 1. The zero-order valence-corrected chi connectivity index (χ0v) is 16.1. The van der Waals surface area contributed by atoms with E-state index in [1.54, 1.807) is 18.4 Å². The van der Waals surface area contributed by atoms with Crippen LogP contribution in [0.1, 0.15) is 22.4 Å². The average molecular weight is 387 g/mol. The molecule has 146 valence electrons. The molecule has 0 radical (unpaired) electrons. The third-order valence-corrected chi connectivity index (χ3v) is 5.35. The summed E-state index contributed by atoms with van der Waals surface area (Å²) in [5, 5.41) is 7.36. The fourth-order valence-electron chi connectivity index (χ4n) is 3.79. The molecule has 4 heterocycles. The molecular weight excluding hydrogens is 366 g/mol. The smallest absolute Gasteiger partial charge is 0.256 e. The van der Waals surface area contributed by atoms with E-state index in [-0.39, 0.29) is 5.56 Å². The fourth-order valence-corrected chi connectivity index (χ4v) is 3.79. The van der Waals surface area contributed by atoms with Gasteiger partial charge in [-0.2, -0.15) is 5.10 Å². The van der Waals surface area contributed by atoms with Crippen molar-refractivity contribution in [1.82, 2.24) is 25.1 Å². The van der Waals surface area contributed by atoms with Crippen LogP contribution in [-0.4, -0.2) is 31.6 Å². The summed E-state index contributed by atoms with van der Waals surface area (Å²) in [6, 6.07) is 12.0. The third-order valence-electron chi connectivity index (χ3n) is 5.35. The molecule has 1 aliphatic heterocycles. The van der Waals surface area contributed by atoms with E-state index >= 15 is 0 Å². The highest BCUT2D eigenvalue weighted by atomic mass is 16.3. The molecule has 0 unspecified atom stereocenters. The van der Waals surface area contributed by atoms with Crippen molar-refractivity contribution in [3.8, 4) is 22.8 Å². The molecule has 0 bridgehead atoms. The molecule has 0 atom stereocenters. The largest absolute Gasteiger partial charge is 0.461 e. The first-order chi connectivity index (χ1) is 14.2. The number of rotatable bonds is 4. The van der Waals surface area contributed by atoms with Gasteiger partial charge < -0.3 is 9.40 Å². The first-order valence-corrected chi connectivity index (χ1v) is 9.65. The Morgan fingerprint density at radius 1 is 1.21 bits per heavy atom. The Kier molecular flexibility index (Phi) is 4.37. The van der Waals surface area contributed by atoms with Crippen LogP contribution in [0.3, 0.4) is 0 Å². The Balaban J connectivity index is 1.38. The molecule has 0 aliphatic carbocycles. The number of benzene rings is 1. The molecule has 0 spiro atoms. The summed E-state index contributed by atoms with van der Waals surface area (Å²) in [7, 11) is 0. The molecule has 0 saturated heterocycles. The van der Waals surface area contributed by atoms with Crippen LogP contribution in [0.25, 0.3) is 22.8 Å². The number of nitrogens with one attached hydrogen (secondary N) is 2. The Labute approximate surface area is 167 Å². The lowest BCUT2D eigenvalue weighted by atomic mass is 10.0. The van der Waals surface area contributed by atoms with Crippen LogP contribution < -0.4 is 5.56 Å². The Hall–Kier alpha value is -3.45. The van der Waals surface area contributed by atoms with Crippen molar-refractivity contribution in [2.75, 3.05) is 6.54 Å². The van der Waals surface area contributed by atoms with Gasteiger partial charge in [-0.3, -0.25) is 14.8 Å². The quantitative estimate of drug-likeness (QED) is 0.561. The second kappa shape index (κ2) is 7.18. The molecule has 2 N–H and O–H groups in total. The van der Waals surface area contributed by atoms with E-state index in [1.165, 1.54) is 5.56 Å². The van der Waals surface area contributed by atoms with E-state index in [1.807, 2.05) is 6.20 Å². The van der Waals surface area contributed by atoms with Gasteiger partial charge in [0.05, 0.1) is 29.4 Å². The van der Waals surface area contributed by atoms with Crippen LogP contribution in [-0.2, 0) is 19.5 Å². The lowest BCUT2D eigenvalue weighted by Gasteiger charge is -2.27. The van der Waals surface area contributed by atoms with Gasteiger partial charge in [-0.05, 0) is 24.6 Å². The molecule has 0 amide bonds. The zero-order valence-electron chi connectivity index (χ0n) is 16.1. The van der Waals surface area contributed by atoms with Crippen LogP contribution >= 0.6 is 0 Å². The monoisotopic (exact) mass is 387 g/mol. The Morgan fingerprint density at radius 3 is 2.86 bits per heavy atom. The minimum Gasteiger partial charge on any atom is -0.461 e. The molecule has 1 aromatic carbocycles. The molecule has 29 heavy (non-hydrogen) atoms. The van der Waals surface area contributed by atoms with Gasteiger partial charge in [0.2, 0.25) is 0 Å². The molecule has 0 saturated carbocycles. The zero-order chi connectivity index (χ0) is 19.8. The fraction of sp³-hybridized carbons (Fsp3) is 0.227. The van der Waals surface area contributed by atoms with Gasteiger partial charge in [-0.25, -0.2) is 4.98 Å². The van der Waals surface area contributed by atoms with Crippen molar-refractivity contribution in [2.45, 2.75) is 26.4 Å². The number of H-pyrrole nitrogens is 2. The first kappa shape index (κ1) is 17.6. The van der Waals surface area contributed by atoms with Crippen molar-refractivity contribution in [2.24, 2.45) is 0 Å². The van der Waals surface area contributed by atoms with Crippen LogP contribution in [0, 0.1) is 6.92 Å². The molecular formula is C22H21N5O2. The van der Waals surface area contributed by atoms with Crippen molar-refractivity contribution in [1.29, 1.82) is 0 Å². The molecule has 5 rings (SSSR count). The molecule has 1 aliphatic rings. The second-order valence-electron chi connectivity index (χ2n) is 7.41. The average Bonchev–Trinajstić information content (AvgIpc) is 3.41. The maximum atomic E-state index is 12.7. The number of hydrogen-bond donors (Lipinski definition) is 2. The summed E-state index contributed by atoms with van der Waals surface area (Å²) < 4.78 is 5.37. The first-order valence-electron chi connectivity index (χ1n) is 9.65. The number of fused-ring (bicyclic) bond motifs is 1. The number of nitrogens with zero attached hydrogens (tertiary/aromatic N) is 3. The van der Waals surface area contributed by atoms with Crippen LogP contribution in [0.2, 0.25) is 0 Å². The van der Waals surface area contributed by atoms with E-state index in [2.05, 4.69) is 56.3 Å². The van der Waals surface area contributed by atoms with Crippen molar-refractivity contribution in [3.63, 3.8) is 0 Å². The lowest BCUT2D eigenvalue weighted by molar-refractivity contribution is 0.242. The topological polar surface area (TPSA) is 90.8 Å². The molecule has 7 heteroatoms. The van der Waals surface area contributed by atoms with Crippen molar-refractivity contribution >= 4 is 0 Å². The second-order valence-corrected chi connectivity index (χ2v) is 7.41. The van der Waals surface area contributed by atoms with Crippen LogP contribution in [0.5, 0.6) is 0 Å². The summed E-state index contributed by atoms with van der Waals surface area (Å²) in [6.07, 6.45) is 4.17. The minimum atomic E-state index is -0.1000. The minimum absolute atomic E-state index is 0.1000. The van der Waals surface area contributed by atoms with Gasteiger partial charge >= 0.3 is 0 Å². The van der Waals surface area contributed by atoms with Crippen molar-refractivity contribution < 1.29 is 4.42 Å². The highest BCUT2D eigenvalue weighted by Gasteiger charge is 2.23. The van der Waals surface area contributed by atoms with E-state index in [4.69, 9.17) is 4.42 Å². The number of hydrogen-bond acceptors (Lipinski definition) is 5. The summed E-state index contributed by atoms with van der Waals surface area (Å²) in [5.74, 6) is 1.07. The summed E-state index contributed by atoms with van der Waals surface area (Å²) in [6.45, 7) is 4.19. The number of aryl methyl sites for hydroxylation is 1. The van der Waals surface area contributed by atoms with Gasteiger partial charge in [0.1, 0.15) is 0 Å². The lowest BCUT2D eigenvalue weighted by Crippen LogP contribution is -2.35. The van der Waals surface area contributed by atoms with E-state index in [0.29, 0.717) is 18.1 Å². The van der Waals surface area contributed by atoms with Gasteiger partial charge in [0, 0.05) is 31.6 Å². The molecule has 4 aromatic rings. The molecule has 0 fully saturated rings. The standard InChI is InChI=1S/C22H21N5O2/c1-14-4-6-15(7-5-14)20-16(11-23-26-20)12-27-9-8-18-17(13-27)22(28)25-21(24-18)19-3-2-10-29-19/h2-7,10-11H,8-9,12-13H2,1H3,(H,23,26)(H,24,25,28). The normalized spacial score (nSPS) is 14.1. The number of aromatic nitrogens is 4. The van der Waals surface area contributed by atoms with Gasteiger partial charge in [-0.1, -0.05) is 29.8 Å². The van der Waals surface area contributed by atoms with Crippen LogP contribution in [0.15, 0.2) is 58.1 Å². The summed E-state index contributed by atoms with van der Waals surface area (Å²) in [4.78, 5) is 22.4. The third kappa shape index (κ3) is 3.40. The van der Waals surface area contributed by atoms with Gasteiger partial charge in [0.25, 0.3) is 5.56 Å². The highest BCUT2D eigenvalue weighted by molar-refractivity contribution is 5.62. The van der Waals surface area contributed by atoms with E-state index in [0.717, 1.165) is 47.6 Å². The maximum Gasteiger partial charge on any atom is 0.256 e. The highest BCUT2D eigenvalue weighted by Crippen LogP contribution is 2.25. The van der Waals surface area contributed by atoms with E-state index in [9.17, 15) is 4.79 Å². The van der Waals surface area contributed by atoms with Gasteiger partial charge in [-0.15, -0.1) is 0 Å². The van der Waals surface area contributed by atoms with Gasteiger partial charge in [0.15, 0.2) is 11.6 Å². The number of aromatic amines is 2. The van der Waals surface area contributed by atoms with Crippen molar-refractivity contribution in [3.05, 3.63) is 81.6 Å². The molecule has 3 aromatic heterocycles. The predicted molar refractivity (Wildman–Crippen MR) is 109 cm³/mol. The van der Waals surface area contributed by atoms with Crippen LogP contribution in [0.4, 0.5) is 0 Å². The summed E-state index contributed by atoms with van der Waals surface area (Å²) >= 11 is 0.